The Hall–Kier alpha value is -0.360. The predicted octanol–water partition coefficient (Wildman–Crippen LogP) is -0.233. The van der Waals surface area contributed by atoms with Gasteiger partial charge in [-0.1, -0.05) is 5.16 Å². The summed E-state index contributed by atoms with van der Waals surface area (Å²) in [6.07, 6.45) is -0.649. The number of oxime groups is 1. The maximum atomic E-state index is 8.95. The molecule has 0 spiro atoms. The summed E-state index contributed by atoms with van der Waals surface area (Å²) in [5, 5.41) is 12.6. The van der Waals surface area contributed by atoms with Crippen molar-refractivity contribution in [2.75, 3.05) is 26.9 Å². The molecule has 80 valence electrons. The van der Waals surface area contributed by atoms with E-state index in [2.05, 4.69) is 5.16 Å². The highest BCUT2D eigenvalue weighted by Gasteiger charge is 1.99. The summed E-state index contributed by atoms with van der Waals surface area (Å²) < 4.78 is 4.79. The number of nitrogens with zero attached hydrogens (tertiary/aromatic N) is 1. The van der Waals surface area contributed by atoms with Crippen LogP contribution in [0, 0.1) is 0 Å². The summed E-state index contributed by atoms with van der Waals surface area (Å²) in [4.78, 5) is 4.78. The Kier molecular flexibility index (Phi) is 11.3. The number of rotatable bonds is 6. The van der Waals surface area contributed by atoms with Gasteiger partial charge in [-0.2, -0.15) is 0 Å². The van der Waals surface area contributed by atoms with Crippen LogP contribution in [-0.4, -0.2) is 43.8 Å². The first-order valence-corrected chi connectivity index (χ1v) is 3.73. The van der Waals surface area contributed by atoms with E-state index in [1.54, 1.807) is 14.0 Å². The van der Waals surface area contributed by atoms with Crippen molar-refractivity contribution in [3.05, 3.63) is 0 Å². The minimum absolute atomic E-state index is 0. The first kappa shape index (κ1) is 15.1. The molecule has 0 fully saturated rings. The molecule has 0 aliphatic carbocycles. The monoisotopic (exact) mass is 212 g/mol. The normalized spacial score (nSPS) is 13.4. The van der Waals surface area contributed by atoms with Gasteiger partial charge in [0, 0.05) is 13.7 Å². The maximum Gasteiger partial charge on any atom is 0.144 e. The fourth-order valence-corrected chi connectivity index (χ4v) is 0.537. The second kappa shape index (κ2) is 9.73. The molecule has 5 nitrogen and oxygen atoms in total. The molecule has 0 rings (SSSR count). The summed E-state index contributed by atoms with van der Waals surface area (Å²) in [5.74, 6) is 0. The van der Waals surface area contributed by atoms with E-state index < -0.39 is 6.10 Å². The van der Waals surface area contributed by atoms with Gasteiger partial charge in [0.1, 0.15) is 12.7 Å². The zero-order valence-electron chi connectivity index (χ0n) is 7.90. The topological polar surface area (TPSA) is 77.1 Å². The average molecular weight is 213 g/mol. The first-order valence-electron chi connectivity index (χ1n) is 3.73. The molecule has 0 aromatic rings. The molecule has 0 aromatic heterocycles. The number of ether oxygens (including phenoxy) is 1. The molecule has 13 heavy (non-hydrogen) atoms. The lowest BCUT2D eigenvalue weighted by atomic mass is 10.4. The minimum atomic E-state index is -0.649. The molecular weight excluding hydrogens is 196 g/mol. The average Bonchev–Trinajstić information content (AvgIpc) is 2.04. The van der Waals surface area contributed by atoms with Crippen LogP contribution in [0.15, 0.2) is 5.16 Å². The van der Waals surface area contributed by atoms with Crippen molar-refractivity contribution in [1.82, 2.24) is 0 Å². The molecule has 0 radical (unpaired) electrons. The number of aliphatic hydroxyl groups is 1. The number of nitrogens with two attached hydrogens (primary N) is 1. The van der Waals surface area contributed by atoms with Crippen LogP contribution in [-0.2, 0) is 9.57 Å². The first-order chi connectivity index (χ1) is 5.70. The highest BCUT2D eigenvalue weighted by molar-refractivity contribution is 5.85. The molecule has 0 aliphatic rings. The van der Waals surface area contributed by atoms with Crippen LogP contribution in [0.3, 0.4) is 0 Å². The van der Waals surface area contributed by atoms with Gasteiger partial charge in [0.25, 0.3) is 0 Å². The van der Waals surface area contributed by atoms with Gasteiger partial charge in [0.15, 0.2) is 0 Å². The Labute approximate surface area is 84.3 Å². The molecular formula is C7H17ClN2O3. The van der Waals surface area contributed by atoms with Crippen molar-refractivity contribution in [2.45, 2.75) is 13.0 Å². The van der Waals surface area contributed by atoms with Crippen LogP contribution in [0.4, 0.5) is 0 Å². The summed E-state index contributed by atoms with van der Waals surface area (Å²) in [6.45, 7) is 2.51. The zero-order chi connectivity index (χ0) is 9.40. The van der Waals surface area contributed by atoms with Crippen LogP contribution in [0.25, 0.3) is 0 Å². The lowest BCUT2D eigenvalue weighted by Gasteiger charge is -2.05. The van der Waals surface area contributed by atoms with Gasteiger partial charge in [0.05, 0.1) is 12.3 Å². The molecule has 0 amide bonds. The molecule has 1 unspecified atom stereocenters. The van der Waals surface area contributed by atoms with Gasteiger partial charge < -0.3 is 20.4 Å². The van der Waals surface area contributed by atoms with Crippen LogP contribution in [0.1, 0.15) is 6.92 Å². The number of halogens is 1. The third-order valence-corrected chi connectivity index (χ3v) is 1.11. The van der Waals surface area contributed by atoms with E-state index in [-0.39, 0.29) is 25.6 Å². The van der Waals surface area contributed by atoms with Crippen molar-refractivity contribution in [1.29, 1.82) is 0 Å². The smallest absolute Gasteiger partial charge is 0.144 e. The van der Waals surface area contributed by atoms with Gasteiger partial charge >= 0.3 is 0 Å². The minimum Gasteiger partial charge on any atom is -0.393 e. The number of hydrogen-bond donors (Lipinski definition) is 2. The molecule has 0 bridgehead atoms. The Morgan fingerprint density at radius 2 is 2.23 bits per heavy atom. The molecule has 1 atom stereocenters. The second-order valence-electron chi connectivity index (χ2n) is 2.44. The highest BCUT2D eigenvalue weighted by Crippen LogP contribution is 1.85. The van der Waals surface area contributed by atoms with Crippen molar-refractivity contribution in [2.24, 2.45) is 10.9 Å². The van der Waals surface area contributed by atoms with Gasteiger partial charge in [-0.25, -0.2) is 0 Å². The molecule has 0 heterocycles. The standard InChI is InChI=1S/C7H16N2O3.ClH/c1-6(4-11-2)9-12-5-7(10)3-8;/h7,10H,3-5,8H2,1-2H3;1H. The molecule has 0 aliphatic heterocycles. The largest absolute Gasteiger partial charge is 0.393 e. The Balaban J connectivity index is 0. The van der Waals surface area contributed by atoms with Gasteiger partial charge in [0.2, 0.25) is 0 Å². The van der Waals surface area contributed by atoms with E-state index in [0.717, 1.165) is 5.71 Å². The van der Waals surface area contributed by atoms with Crippen molar-refractivity contribution in [3.63, 3.8) is 0 Å². The van der Waals surface area contributed by atoms with E-state index in [1.807, 2.05) is 0 Å². The number of hydrogen-bond acceptors (Lipinski definition) is 5. The lowest BCUT2D eigenvalue weighted by Crippen LogP contribution is -2.24. The lowest BCUT2D eigenvalue weighted by molar-refractivity contribution is 0.0437. The summed E-state index contributed by atoms with van der Waals surface area (Å²) in [7, 11) is 1.58. The molecule has 6 heteroatoms. The van der Waals surface area contributed by atoms with E-state index in [1.165, 1.54) is 0 Å². The van der Waals surface area contributed by atoms with E-state index in [9.17, 15) is 0 Å². The highest BCUT2D eigenvalue weighted by atomic mass is 35.5. The van der Waals surface area contributed by atoms with Crippen LogP contribution in [0.5, 0.6) is 0 Å². The zero-order valence-corrected chi connectivity index (χ0v) is 8.71. The summed E-state index contributed by atoms with van der Waals surface area (Å²) in [5.41, 5.74) is 5.87. The quantitative estimate of drug-likeness (QED) is 0.471. The van der Waals surface area contributed by atoms with Crippen LogP contribution in [0.2, 0.25) is 0 Å². The Bertz CT molecular complexity index is 144. The van der Waals surface area contributed by atoms with Crippen molar-refractivity contribution >= 4 is 18.1 Å². The summed E-state index contributed by atoms with van der Waals surface area (Å²) in [6, 6.07) is 0. The van der Waals surface area contributed by atoms with Gasteiger partial charge in [-0.3, -0.25) is 0 Å². The third kappa shape index (κ3) is 9.55. The van der Waals surface area contributed by atoms with E-state index in [4.69, 9.17) is 20.4 Å². The predicted molar refractivity (Wildman–Crippen MR) is 53.2 cm³/mol. The van der Waals surface area contributed by atoms with Crippen LogP contribution >= 0.6 is 12.4 Å². The molecule has 0 aromatic carbocycles. The second-order valence-corrected chi connectivity index (χ2v) is 2.44. The number of aliphatic hydroxyl groups excluding tert-OH is 1. The van der Waals surface area contributed by atoms with E-state index >= 15 is 0 Å². The van der Waals surface area contributed by atoms with Gasteiger partial charge in [-0.15, -0.1) is 12.4 Å². The van der Waals surface area contributed by atoms with Crippen molar-refractivity contribution in [3.8, 4) is 0 Å². The maximum absolute atomic E-state index is 8.95. The molecule has 3 N–H and O–H groups in total. The molecule has 0 saturated heterocycles. The van der Waals surface area contributed by atoms with E-state index in [0.29, 0.717) is 6.61 Å². The Morgan fingerprint density at radius 1 is 1.62 bits per heavy atom. The molecule has 0 saturated carbocycles. The Morgan fingerprint density at radius 3 is 2.69 bits per heavy atom. The van der Waals surface area contributed by atoms with Gasteiger partial charge in [-0.05, 0) is 6.92 Å². The third-order valence-electron chi connectivity index (χ3n) is 1.11. The fraction of sp³-hybridized carbons (Fsp3) is 0.857. The van der Waals surface area contributed by atoms with Crippen molar-refractivity contribution < 1.29 is 14.7 Å². The number of methoxy groups -OCH3 is 1. The van der Waals surface area contributed by atoms with Crippen LogP contribution < -0.4 is 5.73 Å². The fourth-order valence-electron chi connectivity index (χ4n) is 0.537. The SMILES string of the molecule is COCC(C)=NOCC(O)CN.Cl. The summed E-state index contributed by atoms with van der Waals surface area (Å²) >= 11 is 0.